The average molecular weight is 1060 g/mol. The summed E-state index contributed by atoms with van der Waals surface area (Å²) in [5.74, 6) is 0.548. The summed E-state index contributed by atoms with van der Waals surface area (Å²) in [4.78, 5) is 13.8. The van der Waals surface area contributed by atoms with Gasteiger partial charge in [0.05, 0.1) is 25.2 Å². The molecule has 9 rings (SSSR count). The zero-order valence-corrected chi connectivity index (χ0v) is 44.3. The summed E-state index contributed by atoms with van der Waals surface area (Å²) in [6.07, 6.45) is 6.96. The van der Waals surface area contributed by atoms with Gasteiger partial charge in [-0.25, -0.2) is 0 Å². The molecule has 0 saturated heterocycles. The normalized spacial score (nSPS) is 11.4. The molecule has 9 aromatic rings. The van der Waals surface area contributed by atoms with Crippen LogP contribution in [0, 0.1) is 20.8 Å². The number of rotatable bonds is 7. The van der Waals surface area contributed by atoms with Crippen molar-refractivity contribution in [3.63, 3.8) is 0 Å². The van der Waals surface area contributed by atoms with E-state index in [1.165, 1.54) is 66.2 Å². The van der Waals surface area contributed by atoms with Crippen LogP contribution in [0.15, 0.2) is 163 Å². The van der Waals surface area contributed by atoms with E-state index in [0.717, 1.165) is 45.6 Å². The number of hydrogen-bond acceptors (Lipinski definition) is 4. The van der Waals surface area contributed by atoms with Crippen LogP contribution in [0.1, 0.15) is 80.8 Å². The van der Waals surface area contributed by atoms with Gasteiger partial charge >= 0.3 is 0 Å². The Labute approximate surface area is 408 Å². The Morgan fingerprint density at radius 1 is 0.591 bits per heavy atom. The van der Waals surface area contributed by atoms with Crippen molar-refractivity contribution in [2.24, 2.45) is 0 Å². The van der Waals surface area contributed by atoms with Gasteiger partial charge < -0.3 is 4.42 Å². The van der Waals surface area contributed by atoms with Crippen LogP contribution in [0.2, 0.25) is 19.6 Å². The van der Waals surface area contributed by atoms with Crippen LogP contribution < -0.4 is 5.19 Å². The Morgan fingerprint density at radius 2 is 1.20 bits per heavy atom. The Bertz CT molecular complexity index is 3030. The summed E-state index contributed by atoms with van der Waals surface area (Å²) >= 11 is 0. The van der Waals surface area contributed by atoms with Crippen LogP contribution in [0.5, 0.6) is 0 Å². The summed E-state index contributed by atoms with van der Waals surface area (Å²) in [5, 5.41) is 3.82. The van der Waals surface area contributed by atoms with E-state index in [2.05, 4.69) is 208 Å². The molecule has 1 radical (unpaired) electrons. The summed E-state index contributed by atoms with van der Waals surface area (Å²) < 4.78 is 6.55. The molecule has 0 saturated carbocycles. The second kappa shape index (κ2) is 21.2. The first-order valence-corrected chi connectivity index (χ1v) is 26.6. The third-order valence-electron chi connectivity index (χ3n) is 12.2. The maximum absolute atomic E-state index is 6.55. The molecular weight excluding hydrogens is 999 g/mol. The van der Waals surface area contributed by atoms with Crippen LogP contribution in [0.25, 0.3) is 66.8 Å². The third-order valence-corrected chi connectivity index (χ3v) is 14.3. The quantitative estimate of drug-likeness (QED) is 0.149. The Morgan fingerprint density at radius 3 is 1.79 bits per heavy atom. The molecule has 0 atom stereocenters. The van der Waals surface area contributed by atoms with Gasteiger partial charge in [-0.15, -0.1) is 0 Å². The van der Waals surface area contributed by atoms with Gasteiger partial charge in [0, 0.05) is 66.2 Å². The van der Waals surface area contributed by atoms with E-state index in [0.29, 0.717) is 5.92 Å². The van der Waals surface area contributed by atoms with Crippen LogP contribution in [-0.4, -0.2) is 23.0 Å². The summed E-state index contributed by atoms with van der Waals surface area (Å²) in [6.45, 7) is 27.0. The van der Waals surface area contributed by atoms with Crippen molar-refractivity contribution < 1.29 is 24.5 Å². The number of aromatic nitrogens is 3. The second-order valence-corrected chi connectivity index (χ2v) is 24.6. The van der Waals surface area contributed by atoms with Crippen molar-refractivity contribution in [1.82, 2.24) is 15.0 Å². The summed E-state index contributed by atoms with van der Waals surface area (Å²) in [7, 11) is -1.33. The van der Waals surface area contributed by atoms with Gasteiger partial charge in [-0.2, -0.15) is 0 Å². The van der Waals surface area contributed by atoms with E-state index in [-0.39, 0.29) is 25.5 Å². The molecule has 0 aliphatic heterocycles. The maximum Gasteiger partial charge on any atom is 0.145 e. The van der Waals surface area contributed by atoms with E-state index < -0.39 is 8.07 Å². The van der Waals surface area contributed by atoms with Crippen molar-refractivity contribution in [2.45, 2.75) is 99.7 Å². The topological polar surface area (TPSA) is 51.8 Å². The maximum atomic E-state index is 6.55. The minimum absolute atomic E-state index is 0. The molecular formula is C60H65IrN3OSi. The molecule has 0 bridgehead atoms. The molecule has 0 unspecified atom stereocenters. The van der Waals surface area contributed by atoms with Gasteiger partial charge in [0.1, 0.15) is 11.2 Å². The van der Waals surface area contributed by atoms with Crippen LogP contribution in [0.3, 0.4) is 0 Å². The van der Waals surface area contributed by atoms with Crippen molar-refractivity contribution in [3.8, 4) is 44.9 Å². The van der Waals surface area contributed by atoms with Crippen molar-refractivity contribution >= 4 is 35.2 Å². The fraction of sp³-hybridized carbons (Fsp3) is 0.250. The number of pyridine rings is 3. The minimum atomic E-state index is -1.33. The van der Waals surface area contributed by atoms with E-state index in [1.807, 2.05) is 36.7 Å². The SMILES string of the molecule is CC(C)c1cc(-c2ccccc2)ncc1[Si](C)(C)C.CCc1ccnc(-c2ccccc2)c1.Cc1cccc(C)c1-c1ccc2c(c1)oc1c(-c3cc(C(C)(C)C)ccn3)ccc(C)c12.[Ir]. The molecule has 66 heavy (non-hydrogen) atoms. The molecule has 4 heterocycles. The Balaban J connectivity index is 0.000000180. The van der Waals surface area contributed by atoms with Gasteiger partial charge in [-0.3, -0.25) is 15.0 Å². The molecule has 0 aliphatic rings. The monoisotopic (exact) mass is 1060 g/mol. The smallest absolute Gasteiger partial charge is 0.145 e. The van der Waals surface area contributed by atoms with Crippen molar-refractivity contribution in [2.75, 3.05) is 0 Å². The van der Waals surface area contributed by atoms with E-state index in [4.69, 9.17) is 14.4 Å². The van der Waals surface area contributed by atoms with Gasteiger partial charge in [-0.05, 0) is 137 Å². The number of aryl methyl sites for hydroxylation is 4. The predicted octanol–water partition coefficient (Wildman–Crippen LogP) is 16.3. The average Bonchev–Trinajstić information content (AvgIpc) is 3.69. The number of furan rings is 1. The molecule has 0 spiro atoms. The first-order chi connectivity index (χ1) is 31.0. The Hall–Kier alpha value is -5.78. The minimum Gasteiger partial charge on any atom is -0.455 e. The first-order valence-electron chi connectivity index (χ1n) is 23.1. The molecule has 6 heteroatoms. The number of benzene rings is 5. The Kier molecular flexibility index (Phi) is 16.0. The number of nitrogens with zero attached hydrogens (tertiary/aromatic N) is 3. The van der Waals surface area contributed by atoms with E-state index in [9.17, 15) is 0 Å². The molecule has 0 aliphatic carbocycles. The van der Waals surface area contributed by atoms with Gasteiger partial charge in [0.25, 0.3) is 0 Å². The zero-order chi connectivity index (χ0) is 46.5. The van der Waals surface area contributed by atoms with Crippen molar-refractivity contribution in [3.05, 3.63) is 191 Å². The third kappa shape index (κ3) is 11.4. The van der Waals surface area contributed by atoms with E-state index >= 15 is 0 Å². The molecule has 339 valence electrons. The molecule has 0 fully saturated rings. The molecule has 4 nitrogen and oxygen atoms in total. The summed E-state index contributed by atoms with van der Waals surface area (Å²) in [5.41, 5.74) is 18.7. The zero-order valence-electron chi connectivity index (χ0n) is 40.9. The van der Waals surface area contributed by atoms with Gasteiger partial charge in [0.2, 0.25) is 0 Å². The molecule has 4 aromatic heterocycles. The number of fused-ring (bicyclic) bond motifs is 3. The largest absolute Gasteiger partial charge is 0.455 e. The fourth-order valence-corrected chi connectivity index (χ4v) is 10.2. The first kappa shape index (κ1) is 49.6. The van der Waals surface area contributed by atoms with Crippen molar-refractivity contribution in [1.29, 1.82) is 0 Å². The van der Waals surface area contributed by atoms with Crippen LogP contribution in [0.4, 0.5) is 0 Å². The fourth-order valence-electron chi connectivity index (χ4n) is 8.52. The van der Waals surface area contributed by atoms with E-state index in [1.54, 1.807) is 0 Å². The van der Waals surface area contributed by atoms with Gasteiger partial charge in [-0.1, -0.05) is 152 Å². The van der Waals surface area contributed by atoms with Crippen LogP contribution >= 0.6 is 0 Å². The predicted molar refractivity (Wildman–Crippen MR) is 281 cm³/mol. The summed E-state index contributed by atoms with van der Waals surface area (Å²) in [6, 6.07) is 48.9. The standard InChI is InChI=1S/C30H29NO.C17H23NSi.C13H13N.Ir/c1-18-8-7-9-19(2)27(18)21-11-13-24-26(16-21)32-29-23(12-10-20(3)28(24)29)25-17-22(14-15-31-25)30(4,5)6;1-13(2)15-11-16(14-9-7-6-8-10-14)18-12-17(15)19(3,4)5;1-2-11-8-9-14-13(10-11)12-6-4-3-5-7-12;/h7-17H,1-6H3;6-13H,1-5H3;3-10H,2H2,1H3;. The molecule has 5 aromatic carbocycles. The van der Waals surface area contributed by atoms with Crippen LogP contribution in [-0.2, 0) is 31.9 Å². The van der Waals surface area contributed by atoms with Gasteiger partial charge in [0.15, 0.2) is 0 Å². The number of hydrogen-bond donors (Lipinski definition) is 0. The molecule has 0 N–H and O–H groups in total. The molecule has 0 amide bonds. The second-order valence-electron chi connectivity index (χ2n) is 19.6.